The molecule has 18 heavy (non-hydrogen) atoms. The third-order valence-corrected chi connectivity index (χ3v) is 3.04. The number of alkyl halides is 3. The first-order chi connectivity index (χ1) is 8.61. The highest BCUT2D eigenvalue weighted by Gasteiger charge is 2.22. The van der Waals surface area contributed by atoms with Crippen molar-refractivity contribution in [1.82, 2.24) is 0 Å². The zero-order chi connectivity index (χ0) is 13.5. The van der Waals surface area contributed by atoms with Gasteiger partial charge in [0.2, 0.25) is 0 Å². The van der Waals surface area contributed by atoms with Gasteiger partial charge in [-0.3, -0.25) is 0 Å². The molecule has 0 aromatic heterocycles. The van der Waals surface area contributed by atoms with Crippen LogP contribution in [0, 0.1) is 0 Å². The molecular weight excluding hydrogens is 306 g/mol. The van der Waals surface area contributed by atoms with E-state index in [2.05, 4.69) is 15.9 Å². The molecule has 0 unspecified atom stereocenters. The number of esters is 1. The van der Waals surface area contributed by atoms with Crippen LogP contribution in [0.25, 0.3) is 0 Å². The lowest BCUT2D eigenvalue weighted by Gasteiger charge is -2.13. The van der Waals surface area contributed by atoms with E-state index in [-0.39, 0.29) is 17.7 Å². The predicted molar refractivity (Wildman–Crippen MR) is 69.5 cm³/mol. The number of carbonyl (C=O) groups excluding carboxylic acids is 1. The molecule has 1 aromatic rings. The Hall–Kier alpha value is -0.970. The molecule has 1 aromatic carbocycles. The molecule has 100 valence electrons. The first kappa shape index (κ1) is 15.1. The van der Waals surface area contributed by atoms with Gasteiger partial charge in [-0.05, 0) is 25.3 Å². The second kappa shape index (κ2) is 7.46. The molecular formula is C13H15BrF2O2. The minimum Gasteiger partial charge on any atom is -0.462 e. The summed E-state index contributed by atoms with van der Waals surface area (Å²) in [6.07, 6.45) is -1.33. The Morgan fingerprint density at radius 1 is 1.44 bits per heavy atom. The van der Waals surface area contributed by atoms with Crippen LogP contribution in [-0.2, 0) is 11.2 Å². The zero-order valence-corrected chi connectivity index (χ0v) is 11.7. The third kappa shape index (κ3) is 3.77. The lowest BCUT2D eigenvalue weighted by molar-refractivity contribution is 0.0514. The Kier molecular flexibility index (Phi) is 6.25. The van der Waals surface area contributed by atoms with Crippen LogP contribution in [0.15, 0.2) is 18.2 Å². The molecule has 0 saturated carbocycles. The maximum atomic E-state index is 12.9. The van der Waals surface area contributed by atoms with Crippen LogP contribution in [-0.4, -0.2) is 17.9 Å². The standard InChI is InChI=1S/C13H15BrF2O2/c1-2-18-13(17)11-9(6-4-8-14)5-3-7-10(11)12(15)16/h3,5,7,12H,2,4,6,8H2,1H3. The Morgan fingerprint density at radius 2 is 2.17 bits per heavy atom. The van der Waals surface area contributed by atoms with Crippen molar-refractivity contribution in [3.8, 4) is 0 Å². The minimum absolute atomic E-state index is 0.0234. The summed E-state index contributed by atoms with van der Waals surface area (Å²) in [5, 5.41) is 0.758. The summed E-state index contributed by atoms with van der Waals surface area (Å²) in [5.41, 5.74) is 0.390. The van der Waals surface area contributed by atoms with Crippen LogP contribution < -0.4 is 0 Å². The Bertz CT molecular complexity index is 408. The van der Waals surface area contributed by atoms with Gasteiger partial charge >= 0.3 is 5.97 Å². The number of rotatable bonds is 6. The van der Waals surface area contributed by atoms with Crippen molar-refractivity contribution in [1.29, 1.82) is 0 Å². The van der Waals surface area contributed by atoms with Gasteiger partial charge in [-0.15, -0.1) is 0 Å². The van der Waals surface area contributed by atoms with E-state index in [1.54, 1.807) is 19.1 Å². The van der Waals surface area contributed by atoms with Crippen molar-refractivity contribution in [3.05, 3.63) is 34.9 Å². The van der Waals surface area contributed by atoms with E-state index in [0.717, 1.165) is 11.8 Å². The lowest BCUT2D eigenvalue weighted by Crippen LogP contribution is -2.12. The Labute approximate surface area is 113 Å². The molecule has 0 radical (unpaired) electrons. The van der Waals surface area contributed by atoms with Crippen molar-refractivity contribution in [3.63, 3.8) is 0 Å². The van der Waals surface area contributed by atoms with Crippen LogP contribution in [0.5, 0.6) is 0 Å². The van der Waals surface area contributed by atoms with Crippen molar-refractivity contribution in [2.75, 3.05) is 11.9 Å². The lowest BCUT2D eigenvalue weighted by atomic mass is 9.98. The van der Waals surface area contributed by atoms with Gasteiger partial charge in [0, 0.05) is 10.9 Å². The van der Waals surface area contributed by atoms with Gasteiger partial charge in [-0.1, -0.05) is 34.1 Å². The van der Waals surface area contributed by atoms with Gasteiger partial charge in [0.05, 0.1) is 12.2 Å². The smallest absolute Gasteiger partial charge is 0.338 e. The summed E-state index contributed by atoms with van der Waals surface area (Å²) in [4.78, 5) is 11.8. The third-order valence-electron chi connectivity index (χ3n) is 2.48. The van der Waals surface area contributed by atoms with E-state index in [1.807, 2.05) is 0 Å². The molecule has 0 fully saturated rings. The Morgan fingerprint density at radius 3 is 2.72 bits per heavy atom. The maximum absolute atomic E-state index is 12.9. The van der Waals surface area contributed by atoms with E-state index >= 15 is 0 Å². The molecule has 0 aliphatic heterocycles. The summed E-state index contributed by atoms with van der Waals surface area (Å²) in [5.74, 6) is -0.669. The van der Waals surface area contributed by atoms with E-state index < -0.39 is 12.4 Å². The molecule has 0 amide bonds. The van der Waals surface area contributed by atoms with Crippen LogP contribution in [0.2, 0.25) is 0 Å². The number of carbonyl (C=O) groups is 1. The topological polar surface area (TPSA) is 26.3 Å². The SMILES string of the molecule is CCOC(=O)c1c(CCCBr)cccc1C(F)F. The molecule has 1 rings (SSSR count). The molecule has 0 atom stereocenters. The molecule has 0 spiro atoms. The van der Waals surface area contributed by atoms with Gasteiger partial charge in [0.1, 0.15) is 0 Å². The summed E-state index contributed by atoms with van der Waals surface area (Å²) in [7, 11) is 0. The number of ether oxygens (including phenoxy) is 1. The van der Waals surface area contributed by atoms with Crippen LogP contribution in [0.1, 0.15) is 41.3 Å². The molecule has 0 bridgehead atoms. The van der Waals surface area contributed by atoms with Crippen LogP contribution in [0.4, 0.5) is 8.78 Å². The van der Waals surface area contributed by atoms with Gasteiger partial charge in [-0.25, -0.2) is 13.6 Å². The number of benzene rings is 1. The van der Waals surface area contributed by atoms with E-state index in [1.165, 1.54) is 6.07 Å². The highest BCUT2D eigenvalue weighted by molar-refractivity contribution is 9.09. The second-order valence-electron chi connectivity index (χ2n) is 3.70. The largest absolute Gasteiger partial charge is 0.462 e. The maximum Gasteiger partial charge on any atom is 0.338 e. The van der Waals surface area contributed by atoms with Crippen LogP contribution >= 0.6 is 15.9 Å². The van der Waals surface area contributed by atoms with Gasteiger partial charge in [-0.2, -0.15) is 0 Å². The van der Waals surface area contributed by atoms with E-state index in [0.29, 0.717) is 12.0 Å². The molecule has 0 saturated heterocycles. The van der Waals surface area contributed by atoms with E-state index in [4.69, 9.17) is 4.74 Å². The van der Waals surface area contributed by atoms with Gasteiger partial charge < -0.3 is 4.74 Å². The molecule has 0 aliphatic rings. The van der Waals surface area contributed by atoms with Crippen molar-refractivity contribution >= 4 is 21.9 Å². The zero-order valence-electron chi connectivity index (χ0n) is 10.1. The van der Waals surface area contributed by atoms with Gasteiger partial charge in [0.25, 0.3) is 6.43 Å². The fourth-order valence-electron chi connectivity index (χ4n) is 1.72. The average Bonchev–Trinajstić information content (AvgIpc) is 2.35. The highest BCUT2D eigenvalue weighted by atomic mass is 79.9. The summed E-state index contributed by atoms with van der Waals surface area (Å²) >= 11 is 3.28. The molecule has 0 heterocycles. The van der Waals surface area contributed by atoms with Crippen molar-refractivity contribution in [2.24, 2.45) is 0 Å². The molecule has 5 heteroatoms. The number of hydrogen-bond acceptors (Lipinski definition) is 2. The second-order valence-corrected chi connectivity index (χ2v) is 4.49. The number of hydrogen-bond donors (Lipinski definition) is 0. The average molecular weight is 321 g/mol. The minimum atomic E-state index is -2.67. The van der Waals surface area contributed by atoms with Crippen molar-refractivity contribution < 1.29 is 18.3 Å². The summed E-state index contributed by atoms with van der Waals surface area (Å²) in [6.45, 7) is 1.83. The fourth-order valence-corrected chi connectivity index (χ4v) is 2.00. The predicted octanol–water partition coefficient (Wildman–Crippen LogP) is 4.13. The van der Waals surface area contributed by atoms with E-state index in [9.17, 15) is 13.6 Å². The summed E-state index contributed by atoms with van der Waals surface area (Å²) < 4.78 is 30.7. The van der Waals surface area contributed by atoms with Gasteiger partial charge in [0.15, 0.2) is 0 Å². The fraction of sp³-hybridized carbons (Fsp3) is 0.462. The van der Waals surface area contributed by atoms with Crippen molar-refractivity contribution in [2.45, 2.75) is 26.2 Å². The number of halogens is 3. The highest BCUT2D eigenvalue weighted by Crippen LogP contribution is 2.27. The van der Waals surface area contributed by atoms with Crippen LogP contribution in [0.3, 0.4) is 0 Å². The molecule has 0 N–H and O–H groups in total. The monoisotopic (exact) mass is 320 g/mol. The number of aryl methyl sites for hydroxylation is 1. The Balaban J connectivity index is 3.16. The normalized spacial score (nSPS) is 10.7. The molecule has 2 nitrogen and oxygen atoms in total. The summed E-state index contributed by atoms with van der Waals surface area (Å²) in [6, 6.07) is 4.52. The first-order valence-corrected chi connectivity index (χ1v) is 6.87. The first-order valence-electron chi connectivity index (χ1n) is 5.74. The molecule has 0 aliphatic carbocycles. The quantitative estimate of drug-likeness (QED) is 0.582.